The number of nitrogens with zero attached hydrogens (tertiary/aromatic N) is 1. The highest BCUT2D eigenvalue weighted by Crippen LogP contribution is 2.31. The zero-order valence-electron chi connectivity index (χ0n) is 16.2. The van der Waals surface area contributed by atoms with Crippen LogP contribution in [0, 0.1) is 13.8 Å². The molecule has 1 amide bonds. The smallest absolute Gasteiger partial charge is 0.259 e. The predicted molar refractivity (Wildman–Crippen MR) is 118 cm³/mol. The van der Waals surface area contributed by atoms with Gasteiger partial charge in [-0.05, 0) is 67.4 Å². The summed E-state index contributed by atoms with van der Waals surface area (Å²) >= 11 is 3.40. The topological polar surface area (TPSA) is 64.4 Å². The first-order valence-corrected chi connectivity index (χ1v) is 9.87. The summed E-state index contributed by atoms with van der Waals surface area (Å²) in [5.74, 6) is 0.782. The van der Waals surface area contributed by atoms with Gasteiger partial charge in [-0.1, -0.05) is 28.1 Å². The molecule has 6 heteroatoms. The molecule has 1 heterocycles. The van der Waals surface area contributed by atoms with Crippen LogP contribution in [0.4, 0.5) is 5.69 Å². The predicted octanol–water partition coefficient (Wildman–Crippen LogP) is 6.14. The fourth-order valence-electron chi connectivity index (χ4n) is 3.20. The minimum absolute atomic E-state index is 0.253. The second-order valence-corrected chi connectivity index (χ2v) is 7.68. The van der Waals surface area contributed by atoms with Crippen LogP contribution in [0.3, 0.4) is 0 Å². The van der Waals surface area contributed by atoms with Gasteiger partial charge in [0.15, 0.2) is 5.58 Å². The summed E-state index contributed by atoms with van der Waals surface area (Å²) in [4.78, 5) is 17.5. The molecule has 0 radical (unpaired) electrons. The van der Waals surface area contributed by atoms with E-state index in [4.69, 9.17) is 9.15 Å². The highest BCUT2D eigenvalue weighted by atomic mass is 79.9. The fraction of sp³-hybridized carbons (Fsp3) is 0.130. The molecule has 0 unspecified atom stereocenters. The number of carbonyl (C=O) groups is 1. The summed E-state index contributed by atoms with van der Waals surface area (Å²) in [5.41, 5.74) is 5.51. The van der Waals surface area contributed by atoms with E-state index in [1.165, 1.54) is 0 Å². The minimum Gasteiger partial charge on any atom is -0.496 e. The lowest BCUT2D eigenvalue weighted by molar-refractivity contribution is 0.102. The van der Waals surface area contributed by atoms with Gasteiger partial charge in [0.25, 0.3) is 5.91 Å². The SMILES string of the molecule is COc1ccc(Br)cc1C(=O)Nc1cccc(-c2nc3cc(C)ccc3o2)c1C. The summed E-state index contributed by atoms with van der Waals surface area (Å²) in [7, 11) is 1.54. The Hall–Kier alpha value is -3.12. The fourth-order valence-corrected chi connectivity index (χ4v) is 3.56. The quantitative estimate of drug-likeness (QED) is 0.405. The van der Waals surface area contributed by atoms with Crippen molar-refractivity contribution in [2.24, 2.45) is 0 Å². The van der Waals surface area contributed by atoms with Crippen LogP contribution in [0.5, 0.6) is 5.75 Å². The Morgan fingerprint density at radius 3 is 2.72 bits per heavy atom. The number of aryl methyl sites for hydroxylation is 1. The van der Waals surface area contributed by atoms with Gasteiger partial charge in [0.05, 0.1) is 12.7 Å². The van der Waals surface area contributed by atoms with Crippen LogP contribution in [-0.2, 0) is 0 Å². The van der Waals surface area contributed by atoms with Crippen LogP contribution in [-0.4, -0.2) is 18.0 Å². The molecular formula is C23H19BrN2O3. The Labute approximate surface area is 176 Å². The van der Waals surface area contributed by atoms with Crippen molar-refractivity contribution in [1.82, 2.24) is 4.98 Å². The van der Waals surface area contributed by atoms with Gasteiger partial charge in [0.1, 0.15) is 11.3 Å². The maximum atomic E-state index is 12.9. The third-order valence-corrected chi connectivity index (χ3v) is 5.25. The molecular weight excluding hydrogens is 432 g/mol. The Morgan fingerprint density at radius 2 is 1.93 bits per heavy atom. The molecule has 5 nitrogen and oxygen atoms in total. The Kier molecular flexibility index (Phi) is 5.11. The average Bonchev–Trinajstić information content (AvgIpc) is 3.12. The molecule has 0 aliphatic heterocycles. The van der Waals surface area contributed by atoms with Crippen molar-refractivity contribution in [2.75, 3.05) is 12.4 Å². The molecule has 1 N–H and O–H groups in total. The second kappa shape index (κ2) is 7.72. The van der Waals surface area contributed by atoms with E-state index in [0.717, 1.165) is 32.3 Å². The number of benzene rings is 3. The van der Waals surface area contributed by atoms with E-state index >= 15 is 0 Å². The molecule has 4 rings (SSSR count). The van der Waals surface area contributed by atoms with Crippen molar-refractivity contribution in [1.29, 1.82) is 0 Å². The lowest BCUT2D eigenvalue weighted by atomic mass is 10.1. The first-order valence-electron chi connectivity index (χ1n) is 9.08. The molecule has 0 atom stereocenters. The van der Waals surface area contributed by atoms with Gasteiger partial charge in [-0.2, -0.15) is 0 Å². The molecule has 0 bridgehead atoms. The number of carbonyl (C=O) groups excluding carboxylic acids is 1. The van der Waals surface area contributed by atoms with E-state index in [-0.39, 0.29) is 5.91 Å². The lowest BCUT2D eigenvalue weighted by Crippen LogP contribution is -2.14. The standard InChI is InChI=1S/C23H19BrN2O3/c1-13-7-9-21-19(11-13)26-23(29-21)16-5-4-6-18(14(16)2)25-22(27)17-12-15(24)8-10-20(17)28-3/h4-12H,1-3H3,(H,25,27). The maximum Gasteiger partial charge on any atom is 0.259 e. The number of hydrogen-bond acceptors (Lipinski definition) is 4. The number of anilines is 1. The Balaban J connectivity index is 1.69. The Bertz CT molecular complexity index is 1230. The molecule has 29 heavy (non-hydrogen) atoms. The maximum absolute atomic E-state index is 12.9. The van der Waals surface area contributed by atoms with Gasteiger partial charge in [-0.15, -0.1) is 0 Å². The van der Waals surface area contributed by atoms with Gasteiger partial charge in [-0.25, -0.2) is 4.98 Å². The number of nitrogens with one attached hydrogen (secondary N) is 1. The van der Waals surface area contributed by atoms with Crippen LogP contribution in [0.15, 0.2) is 63.5 Å². The number of ether oxygens (including phenoxy) is 1. The van der Waals surface area contributed by atoms with Gasteiger partial charge in [-0.3, -0.25) is 4.79 Å². The number of rotatable bonds is 4. The number of hydrogen-bond donors (Lipinski definition) is 1. The molecule has 0 fully saturated rings. The molecule has 3 aromatic carbocycles. The van der Waals surface area contributed by atoms with E-state index in [1.807, 2.05) is 56.3 Å². The van der Waals surface area contributed by atoms with Crippen LogP contribution in [0.25, 0.3) is 22.6 Å². The number of amides is 1. The van der Waals surface area contributed by atoms with Crippen LogP contribution in [0.1, 0.15) is 21.5 Å². The summed E-state index contributed by atoms with van der Waals surface area (Å²) in [5, 5.41) is 2.97. The molecule has 4 aromatic rings. The zero-order valence-corrected chi connectivity index (χ0v) is 17.8. The summed E-state index contributed by atoms with van der Waals surface area (Å²) in [6.07, 6.45) is 0. The van der Waals surface area contributed by atoms with Gasteiger partial charge >= 0.3 is 0 Å². The lowest BCUT2D eigenvalue weighted by Gasteiger charge is -2.13. The summed E-state index contributed by atoms with van der Waals surface area (Å²) < 4.78 is 12.1. The van der Waals surface area contributed by atoms with Gasteiger partial charge in [0.2, 0.25) is 5.89 Å². The van der Waals surface area contributed by atoms with Crippen molar-refractivity contribution < 1.29 is 13.9 Å². The van der Waals surface area contributed by atoms with E-state index in [0.29, 0.717) is 22.9 Å². The normalized spacial score (nSPS) is 10.9. The average molecular weight is 451 g/mol. The van der Waals surface area contributed by atoms with Crippen LogP contribution >= 0.6 is 15.9 Å². The van der Waals surface area contributed by atoms with Crippen molar-refractivity contribution >= 4 is 38.6 Å². The summed E-state index contributed by atoms with van der Waals surface area (Å²) in [6.45, 7) is 3.95. The zero-order chi connectivity index (χ0) is 20.5. The van der Waals surface area contributed by atoms with E-state index in [1.54, 1.807) is 19.2 Å². The highest BCUT2D eigenvalue weighted by molar-refractivity contribution is 9.10. The van der Waals surface area contributed by atoms with Gasteiger partial charge < -0.3 is 14.5 Å². The number of aromatic nitrogens is 1. The molecule has 1 aromatic heterocycles. The molecule has 0 aliphatic rings. The number of methoxy groups -OCH3 is 1. The van der Waals surface area contributed by atoms with Crippen LogP contribution in [0.2, 0.25) is 0 Å². The van der Waals surface area contributed by atoms with Crippen molar-refractivity contribution in [3.8, 4) is 17.2 Å². The second-order valence-electron chi connectivity index (χ2n) is 6.77. The molecule has 0 saturated heterocycles. The Morgan fingerprint density at radius 1 is 1.10 bits per heavy atom. The van der Waals surface area contributed by atoms with E-state index < -0.39 is 0 Å². The first-order chi connectivity index (χ1) is 14.0. The third-order valence-electron chi connectivity index (χ3n) is 4.76. The first kappa shape index (κ1) is 19.2. The number of fused-ring (bicyclic) bond motifs is 1. The molecule has 0 spiro atoms. The number of oxazole rings is 1. The number of halogens is 1. The third kappa shape index (κ3) is 3.76. The van der Waals surface area contributed by atoms with Crippen LogP contribution < -0.4 is 10.1 Å². The van der Waals surface area contributed by atoms with Crippen molar-refractivity contribution in [3.05, 3.63) is 75.8 Å². The van der Waals surface area contributed by atoms with E-state index in [2.05, 4.69) is 26.2 Å². The van der Waals surface area contributed by atoms with Gasteiger partial charge in [0, 0.05) is 15.7 Å². The monoisotopic (exact) mass is 450 g/mol. The minimum atomic E-state index is -0.253. The van der Waals surface area contributed by atoms with Crippen molar-refractivity contribution in [3.63, 3.8) is 0 Å². The molecule has 146 valence electrons. The highest BCUT2D eigenvalue weighted by Gasteiger charge is 2.17. The van der Waals surface area contributed by atoms with E-state index in [9.17, 15) is 4.79 Å². The molecule has 0 saturated carbocycles. The largest absolute Gasteiger partial charge is 0.496 e. The summed E-state index contributed by atoms with van der Waals surface area (Å²) in [6, 6.07) is 16.9. The van der Waals surface area contributed by atoms with Crippen molar-refractivity contribution in [2.45, 2.75) is 13.8 Å². The molecule has 0 aliphatic carbocycles.